The average Bonchev–Trinajstić information content (AvgIpc) is 3.05. The first-order chi connectivity index (χ1) is 14.9. The van der Waals surface area contributed by atoms with Crippen LogP contribution in [0.1, 0.15) is 17.2 Å². The number of aromatic nitrogens is 1. The van der Waals surface area contributed by atoms with Gasteiger partial charge >= 0.3 is 5.91 Å². The van der Waals surface area contributed by atoms with Crippen LogP contribution in [0.4, 0.5) is 11.5 Å². The van der Waals surface area contributed by atoms with Crippen molar-refractivity contribution >= 4 is 44.9 Å². The summed E-state index contributed by atoms with van der Waals surface area (Å²) in [6.45, 7) is 0. The van der Waals surface area contributed by atoms with E-state index in [9.17, 15) is 24.8 Å². The third-order valence-corrected chi connectivity index (χ3v) is 5.41. The first-order valence-electron chi connectivity index (χ1n) is 9.11. The van der Waals surface area contributed by atoms with Gasteiger partial charge in [-0.2, -0.15) is 0 Å². The molecule has 31 heavy (non-hydrogen) atoms. The fourth-order valence-corrected chi connectivity index (χ4v) is 3.69. The van der Waals surface area contributed by atoms with E-state index < -0.39 is 22.7 Å². The van der Waals surface area contributed by atoms with Crippen LogP contribution in [0.3, 0.4) is 0 Å². The van der Waals surface area contributed by atoms with Crippen LogP contribution in [0, 0.1) is 10.1 Å². The van der Waals surface area contributed by atoms with Crippen LogP contribution < -0.4 is 4.90 Å². The van der Waals surface area contributed by atoms with Gasteiger partial charge in [0, 0.05) is 28.4 Å². The molecule has 3 aromatic rings. The van der Waals surface area contributed by atoms with E-state index in [0.29, 0.717) is 11.1 Å². The van der Waals surface area contributed by atoms with Gasteiger partial charge in [0.15, 0.2) is 0 Å². The Kier molecular flexibility index (Phi) is 5.35. The minimum atomic E-state index is -1.00. The molecule has 0 saturated carbocycles. The number of amides is 1. The maximum atomic E-state index is 13.0. The summed E-state index contributed by atoms with van der Waals surface area (Å²) in [6, 6.07) is 16.0. The van der Waals surface area contributed by atoms with Gasteiger partial charge in [-0.15, -0.1) is 0 Å². The Morgan fingerprint density at radius 3 is 2.29 bits per heavy atom. The van der Waals surface area contributed by atoms with Gasteiger partial charge in [0.1, 0.15) is 11.6 Å². The second-order valence-electron chi connectivity index (χ2n) is 6.71. The Morgan fingerprint density at radius 2 is 1.71 bits per heavy atom. The number of aliphatic hydroxyl groups excluding tert-OH is 1. The van der Waals surface area contributed by atoms with E-state index in [1.807, 2.05) is 0 Å². The number of nitrogens with zero attached hydrogens (tertiary/aromatic N) is 3. The van der Waals surface area contributed by atoms with Gasteiger partial charge in [0.25, 0.3) is 11.5 Å². The topological polar surface area (TPSA) is 114 Å². The molecule has 1 aromatic heterocycles. The molecule has 1 N–H and O–H groups in total. The number of nitro groups is 1. The number of hydrogen-bond donors (Lipinski definition) is 1. The summed E-state index contributed by atoms with van der Waals surface area (Å²) in [4.78, 5) is 41.8. The minimum Gasteiger partial charge on any atom is -0.507 e. The van der Waals surface area contributed by atoms with Crippen molar-refractivity contribution in [2.24, 2.45) is 0 Å². The highest BCUT2D eigenvalue weighted by Crippen LogP contribution is 2.41. The fourth-order valence-electron chi connectivity index (χ4n) is 3.42. The zero-order valence-electron chi connectivity index (χ0n) is 15.8. The molecule has 1 unspecified atom stereocenters. The van der Waals surface area contributed by atoms with Crippen molar-refractivity contribution in [2.75, 3.05) is 4.90 Å². The number of ketones is 1. The quantitative estimate of drug-likeness (QED) is 0.195. The normalized spacial score (nSPS) is 17.7. The van der Waals surface area contributed by atoms with Gasteiger partial charge in [-0.1, -0.05) is 34.1 Å². The van der Waals surface area contributed by atoms with Crippen LogP contribution >= 0.6 is 15.9 Å². The van der Waals surface area contributed by atoms with Crippen molar-refractivity contribution in [3.8, 4) is 0 Å². The number of carbonyl (C=O) groups excluding carboxylic acids is 2. The van der Waals surface area contributed by atoms with Crippen molar-refractivity contribution in [2.45, 2.75) is 6.04 Å². The Labute approximate surface area is 184 Å². The van der Waals surface area contributed by atoms with Crippen LogP contribution in [0.15, 0.2) is 83.0 Å². The number of anilines is 1. The van der Waals surface area contributed by atoms with Crippen molar-refractivity contribution in [3.63, 3.8) is 0 Å². The van der Waals surface area contributed by atoms with Crippen LogP contribution in [0.25, 0.3) is 5.76 Å². The third kappa shape index (κ3) is 3.71. The average molecular weight is 480 g/mol. The van der Waals surface area contributed by atoms with Gasteiger partial charge in [-0.3, -0.25) is 24.6 Å². The van der Waals surface area contributed by atoms with Gasteiger partial charge < -0.3 is 5.11 Å². The number of benzene rings is 2. The molecule has 1 amide bonds. The van der Waals surface area contributed by atoms with E-state index in [-0.39, 0.29) is 22.8 Å². The van der Waals surface area contributed by atoms with E-state index in [1.165, 1.54) is 35.4 Å². The molecular weight excluding hydrogens is 466 g/mol. The predicted octanol–water partition coefficient (Wildman–Crippen LogP) is 4.38. The van der Waals surface area contributed by atoms with E-state index in [2.05, 4.69) is 20.9 Å². The summed E-state index contributed by atoms with van der Waals surface area (Å²) in [5.74, 6) is -1.83. The molecule has 1 aliphatic heterocycles. The lowest BCUT2D eigenvalue weighted by molar-refractivity contribution is -0.384. The monoisotopic (exact) mass is 479 g/mol. The fraction of sp³-hybridized carbons (Fsp3) is 0.0455. The molecule has 0 spiro atoms. The number of Topliss-reactive ketones (excluding diaryl/α,β-unsaturated/α-hetero) is 1. The zero-order chi connectivity index (χ0) is 22.1. The number of aliphatic hydroxyl groups is 1. The van der Waals surface area contributed by atoms with Crippen molar-refractivity contribution < 1.29 is 19.6 Å². The third-order valence-electron chi connectivity index (χ3n) is 4.88. The number of rotatable bonds is 4. The molecule has 2 aromatic carbocycles. The first kappa shape index (κ1) is 20.4. The minimum absolute atomic E-state index is 0.119. The molecule has 1 fully saturated rings. The van der Waals surface area contributed by atoms with E-state index in [0.717, 1.165) is 4.47 Å². The number of halogens is 1. The smallest absolute Gasteiger partial charge is 0.301 e. The van der Waals surface area contributed by atoms with Gasteiger partial charge in [-0.05, 0) is 42.0 Å². The van der Waals surface area contributed by atoms with Crippen LogP contribution in [0.2, 0.25) is 0 Å². The second kappa shape index (κ2) is 8.11. The number of hydrogen-bond acceptors (Lipinski definition) is 6. The number of pyridine rings is 1. The molecule has 8 nitrogen and oxygen atoms in total. The zero-order valence-corrected chi connectivity index (χ0v) is 17.4. The highest BCUT2D eigenvalue weighted by Gasteiger charge is 2.47. The lowest BCUT2D eigenvalue weighted by Crippen LogP contribution is -2.30. The van der Waals surface area contributed by atoms with Crippen LogP contribution in [-0.4, -0.2) is 26.7 Å². The Hall–Kier alpha value is -3.85. The predicted molar refractivity (Wildman–Crippen MR) is 116 cm³/mol. The summed E-state index contributed by atoms with van der Waals surface area (Å²) >= 11 is 3.32. The molecule has 0 aliphatic carbocycles. The molecule has 1 aliphatic rings. The molecule has 1 saturated heterocycles. The molecule has 1 atom stereocenters. The summed E-state index contributed by atoms with van der Waals surface area (Å²) in [5, 5.41) is 22.0. The van der Waals surface area contributed by atoms with Crippen LogP contribution in [0.5, 0.6) is 0 Å². The molecule has 154 valence electrons. The van der Waals surface area contributed by atoms with Gasteiger partial charge in [-0.25, -0.2) is 4.98 Å². The van der Waals surface area contributed by atoms with E-state index >= 15 is 0 Å². The highest BCUT2D eigenvalue weighted by molar-refractivity contribution is 9.10. The van der Waals surface area contributed by atoms with Crippen molar-refractivity contribution in [1.29, 1.82) is 0 Å². The van der Waals surface area contributed by atoms with E-state index in [1.54, 1.807) is 42.5 Å². The number of nitro benzene ring substituents is 1. The lowest BCUT2D eigenvalue weighted by Gasteiger charge is -2.24. The highest BCUT2D eigenvalue weighted by atomic mass is 79.9. The Bertz CT molecular complexity index is 1210. The maximum absolute atomic E-state index is 13.0. The molecule has 2 heterocycles. The summed E-state index contributed by atoms with van der Waals surface area (Å²) in [6.07, 6.45) is 1.48. The maximum Gasteiger partial charge on any atom is 0.301 e. The largest absolute Gasteiger partial charge is 0.507 e. The van der Waals surface area contributed by atoms with Crippen molar-refractivity contribution in [1.82, 2.24) is 4.98 Å². The van der Waals surface area contributed by atoms with Crippen LogP contribution in [-0.2, 0) is 9.59 Å². The van der Waals surface area contributed by atoms with Gasteiger partial charge in [0.2, 0.25) is 0 Å². The summed E-state index contributed by atoms with van der Waals surface area (Å²) in [7, 11) is 0. The molecule has 9 heteroatoms. The summed E-state index contributed by atoms with van der Waals surface area (Å²) in [5.41, 5.74) is 0.529. The lowest BCUT2D eigenvalue weighted by atomic mass is 9.95. The standard InChI is InChI=1S/C22H14BrN3O5/c23-15-8-4-14(5-9-15)20(27)18-19(13-6-10-16(11-7-13)26(30)31)25(22(29)21(18)28)17-3-1-2-12-24-17/h1-12,19,27H. The molecule has 0 bridgehead atoms. The van der Waals surface area contributed by atoms with Crippen molar-refractivity contribution in [3.05, 3.63) is 104 Å². The molecular formula is C22H14BrN3O5. The Balaban J connectivity index is 1.92. The second-order valence-corrected chi connectivity index (χ2v) is 7.63. The van der Waals surface area contributed by atoms with E-state index in [4.69, 9.17) is 0 Å². The Morgan fingerprint density at radius 1 is 1.03 bits per heavy atom. The van der Waals surface area contributed by atoms with Gasteiger partial charge in [0.05, 0.1) is 16.5 Å². The number of carbonyl (C=O) groups is 2. The first-order valence-corrected chi connectivity index (χ1v) is 9.90. The molecule has 0 radical (unpaired) electrons. The SMILES string of the molecule is O=C1C(=O)N(c2ccccn2)C(c2ccc([N+](=O)[O-])cc2)C1=C(O)c1ccc(Br)cc1. The summed E-state index contributed by atoms with van der Waals surface area (Å²) < 4.78 is 0.782. The molecule has 4 rings (SSSR count). The number of non-ortho nitro benzene ring substituents is 1.